The molecule has 0 spiro atoms. The van der Waals surface area contributed by atoms with Crippen molar-refractivity contribution in [1.29, 1.82) is 0 Å². The number of aliphatic carboxylic acids is 1. The molecule has 5 nitrogen and oxygen atoms in total. The summed E-state index contributed by atoms with van der Waals surface area (Å²) in [6.45, 7) is 1.27. The summed E-state index contributed by atoms with van der Waals surface area (Å²) in [6, 6.07) is 1.73. The van der Waals surface area contributed by atoms with Crippen LogP contribution >= 0.6 is 11.3 Å². The van der Waals surface area contributed by atoms with Gasteiger partial charge in [-0.3, -0.25) is 4.79 Å². The number of hydrogen-bond acceptors (Lipinski definition) is 4. The van der Waals surface area contributed by atoms with Gasteiger partial charge < -0.3 is 15.2 Å². The van der Waals surface area contributed by atoms with E-state index in [4.69, 9.17) is 9.84 Å². The molecule has 0 radical (unpaired) electrons. The van der Waals surface area contributed by atoms with Crippen LogP contribution in [0.4, 0.5) is 0 Å². The number of carboxylic acids is 1. The number of carboxylic acid groups (broad SMARTS) is 1. The highest BCUT2D eigenvalue weighted by Crippen LogP contribution is 2.18. The van der Waals surface area contributed by atoms with Crippen LogP contribution in [0.3, 0.4) is 0 Å². The summed E-state index contributed by atoms with van der Waals surface area (Å²) in [4.78, 5) is 22.9. The standard InChI is InChI=1S/C13H17NO4S/c1-18-8-3-2-7-14-13(17)12-10(6-9-19-12)4-5-11(15)16/h4-6,9H,2-3,7-8H2,1H3,(H,14,17)(H,15,16). The van der Waals surface area contributed by atoms with Crippen molar-refractivity contribution in [3.63, 3.8) is 0 Å². The lowest BCUT2D eigenvalue weighted by molar-refractivity contribution is -0.131. The molecular weight excluding hydrogens is 266 g/mol. The van der Waals surface area contributed by atoms with Gasteiger partial charge in [0, 0.05) is 26.3 Å². The van der Waals surface area contributed by atoms with Gasteiger partial charge >= 0.3 is 5.97 Å². The van der Waals surface area contributed by atoms with Crippen molar-refractivity contribution < 1.29 is 19.4 Å². The topological polar surface area (TPSA) is 75.6 Å². The zero-order chi connectivity index (χ0) is 14.1. The zero-order valence-corrected chi connectivity index (χ0v) is 11.5. The van der Waals surface area contributed by atoms with Crippen molar-refractivity contribution in [3.8, 4) is 0 Å². The number of rotatable bonds is 8. The van der Waals surface area contributed by atoms with Crippen LogP contribution < -0.4 is 5.32 Å². The van der Waals surface area contributed by atoms with E-state index in [2.05, 4.69) is 5.32 Å². The number of unbranched alkanes of at least 4 members (excludes halogenated alkanes) is 1. The van der Waals surface area contributed by atoms with Crippen molar-refractivity contribution >= 4 is 29.3 Å². The van der Waals surface area contributed by atoms with Gasteiger partial charge in [0.1, 0.15) is 0 Å². The van der Waals surface area contributed by atoms with Gasteiger partial charge in [-0.05, 0) is 35.9 Å². The fraction of sp³-hybridized carbons (Fsp3) is 0.385. The van der Waals surface area contributed by atoms with E-state index in [0.717, 1.165) is 18.9 Å². The first-order valence-corrected chi connectivity index (χ1v) is 6.78. The molecule has 0 unspecified atom stereocenters. The summed E-state index contributed by atoms with van der Waals surface area (Å²) in [7, 11) is 1.64. The van der Waals surface area contributed by atoms with Gasteiger partial charge in [0.2, 0.25) is 0 Å². The smallest absolute Gasteiger partial charge is 0.328 e. The average Bonchev–Trinajstić information content (AvgIpc) is 2.84. The Morgan fingerprint density at radius 2 is 2.26 bits per heavy atom. The second-order valence-electron chi connectivity index (χ2n) is 3.83. The first kappa shape index (κ1) is 15.4. The number of carbonyl (C=O) groups is 2. The molecule has 104 valence electrons. The monoisotopic (exact) mass is 283 g/mol. The number of hydrogen-bond donors (Lipinski definition) is 2. The van der Waals surface area contributed by atoms with E-state index in [1.54, 1.807) is 18.6 Å². The normalized spacial score (nSPS) is 10.8. The minimum Gasteiger partial charge on any atom is -0.478 e. The summed E-state index contributed by atoms with van der Waals surface area (Å²) in [5.41, 5.74) is 0.627. The lowest BCUT2D eigenvalue weighted by Crippen LogP contribution is -2.24. The highest BCUT2D eigenvalue weighted by Gasteiger charge is 2.10. The summed E-state index contributed by atoms with van der Waals surface area (Å²) < 4.78 is 4.92. The molecular formula is C13H17NO4S. The van der Waals surface area contributed by atoms with Gasteiger partial charge in [-0.1, -0.05) is 0 Å². The lowest BCUT2D eigenvalue weighted by Gasteiger charge is -2.04. The predicted molar refractivity (Wildman–Crippen MR) is 74.4 cm³/mol. The number of carbonyl (C=O) groups excluding carboxylic acids is 1. The fourth-order valence-electron chi connectivity index (χ4n) is 1.45. The molecule has 0 saturated carbocycles. The van der Waals surface area contributed by atoms with Crippen LogP contribution in [0.5, 0.6) is 0 Å². The molecule has 0 aromatic carbocycles. The van der Waals surface area contributed by atoms with E-state index in [9.17, 15) is 9.59 Å². The Morgan fingerprint density at radius 1 is 1.47 bits per heavy atom. The van der Waals surface area contributed by atoms with Crippen LogP contribution in [0.15, 0.2) is 17.5 Å². The van der Waals surface area contributed by atoms with Crippen LogP contribution in [0.25, 0.3) is 6.08 Å². The molecule has 1 aromatic heterocycles. The fourth-order valence-corrected chi connectivity index (χ4v) is 2.25. The molecule has 0 fully saturated rings. The molecule has 1 amide bonds. The second-order valence-corrected chi connectivity index (χ2v) is 4.75. The molecule has 0 aliphatic carbocycles. The minimum absolute atomic E-state index is 0.169. The van der Waals surface area contributed by atoms with Crippen LogP contribution in [-0.2, 0) is 9.53 Å². The summed E-state index contributed by atoms with van der Waals surface area (Å²) in [6.07, 6.45) is 4.20. The van der Waals surface area contributed by atoms with E-state index < -0.39 is 5.97 Å². The van der Waals surface area contributed by atoms with Crippen molar-refractivity contribution in [3.05, 3.63) is 28.0 Å². The maximum Gasteiger partial charge on any atom is 0.328 e. The third-order valence-corrected chi connectivity index (χ3v) is 3.30. The van der Waals surface area contributed by atoms with Crippen LogP contribution in [0.1, 0.15) is 28.1 Å². The number of nitrogens with one attached hydrogen (secondary N) is 1. The SMILES string of the molecule is COCCCCNC(=O)c1sccc1C=CC(=O)O. The third-order valence-electron chi connectivity index (χ3n) is 2.37. The van der Waals surface area contributed by atoms with Gasteiger partial charge in [-0.15, -0.1) is 11.3 Å². The quantitative estimate of drug-likeness (QED) is 0.565. The molecule has 19 heavy (non-hydrogen) atoms. The molecule has 0 saturated heterocycles. The Balaban J connectivity index is 2.48. The van der Waals surface area contributed by atoms with E-state index in [1.165, 1.54) is 17.4 Å². The Labute approximate surface area is 115 Å². The number of methoxy groups -OCH3 is 1. The summed E-state index contributed by atoms with van der Waals surface area (Å²) >= 11 is 1.30. The Kier molecular flexibility index (Phi) is 6.84. The summed E-state index contributed by atoms with van der Waals surface area (Å²) in [5, 5.41) is 13.1. The zero-order valence-electron chi connectivity index (χ0n) is 10.7. The number of ether oxygens (including phenoxy) is 1. The lowest BCUT2D eigenvalue weighted by atomic mass is 10.2. The Hall–Kier alpha value is -1.66. The van der Waals surface area contributed by atoms with E-state index in [-0.39, 0.29) is 5.91 Å². The van der Waals surface area contributed by atoms with Crippen LogP contribution in [0, 0.1) is 0 Å². The molecule has 1 aromatic rings. The van der Waals surface area contributed by atoms with Crippen molar-refractivity contribution in [2.24, 2.45) is 0 Å². The predicted octanol–water partition coefficient (Wildman–Crippen LogP) is 2.00. The van der Waals surface area contributed by atoms with Gasteiger partial charge in [-0.25, -0.2) is 4.79 Å². The highest BCUT2D eigenvalue weighted by atomic mass is 32.1. The first-order chi connectivity index (χ1) is 9.15. The van der Waals surface area contributed by atoms with Gasteiger partial charge in [0.25, 0.3) is 5.91 Å². The van der Waals surface area contributed by atoms with Crippen molar-refractivity contribution in [2.45, 2.75) is 12.8 Å². The maximum atomic E-state index is 11.9. The van der Waals surface area contributed by atoms with E-state index in [0.29, 0.717) is 23.6 Å². The van der Waals surface area contributed by atoms with Gasteiger partial charge in [0.05, 0.1) is 4.88 Å². The van der Waals surface area contributed by atoms with E-state index >= 15 is 0 Å². The average molecular weight is 283 g/mol. The van der Waals surface area contributed by atoms with Crippen LogP contribution in [-0.4, -0.2) is 37.2 Å². The van der Waals surface area contributed by atoms with Gasteiger partial charge in [0.15, 0.2) is 0 Å². The molecule has 0 aliphatic rings. The molecule has 0 aliphatic heterocycles. The van der Waals surface area contributed by atoms with Crippen molar-refractivity contribution in [2.75, 3.05) is 20.3 Å². The minimum atomic E-state index is -1.03. The summed E-state index contributed by atoms with van der Waals surface area (Å²) in [5.74, 6) is -1.20. The molecule has 6 heteroatoms. The maximum absolute atomic E-state index is 11.9. The third kappa shape index (κ3) is 5.67. The molecule has 2 N–H and O–H groups in total. The number of amides is 1. The van der Waals surface area contributed by atoms with Crippen molar-refractivity contribution in [1.82, 2.24) is 5.32 Å². The number of thiophene rings is 1. The van der Waals surface area contributed by atoms with E-state index in [1.807, 2.05) is 0 Å². The Morgan fingerprint density at radius 3 is 2.95 bits per heavy atom. The second kappa shape index (κ2) is 8.44. The molecule has 1 rings (SSSR count). The molecule has 0 bridgehead atoms. The Bertz CT molecular complexity index is 453. The van der Waals surface area contributed by atoms with Crippen LogP contribution in [0.2, 0.25) is 0 Å². The molecule has 1 heterocycles. The molecule has 0 atom stereocenters. The van der Waals surface area contributed by atoms with Gasteiger partial charge in [-0.2, -0.15) is 0 Å². The largest absolute Gasteiger partial charge is 0.478 e. The first-order valence-electron chi connectivity index (χ1n) is 5.90. The highest BCUT2D eigenvalue weighted by molar-refractivity contribution is 7.12.